The lowest BCUT2D eigenvalue weighted by Crippen LogP contribution is -2.38. The van der Waals surface area contributed by atoms with Gasteiger partial charge in [-0.3, -0.25) is 4.98 Å². The highest BCUT2D eigenvalue weighted by Gasteiger charge is 2.35. The largest absolute Gasteiger partial charge is 0.381 e. The second-order valence-electron chi connectivity index (χ2n) is 5.97. The summed E-state index contributed by atoms with van der Waals surface area (Å²) < 4.78 is 5.63. The molecule has 1 aromatic heterocycles. The molecular weight excluding hydrogens is 260 g/mol. The van der Waals surface area contributed by atoms with Crippen molar-refractivity contribution >= 4 is 11.6 Å². The van der Waals surface area contributed by atoms with E-state index in [1.165, 1.54) is 5.56 Å². The van der Waals surface area contributed by atoms with Crippen molar-refractivity contribution < 1.29 is 4.74 Å². The van der Waals surface area contributed by atoms with Gasteiger partial charge in [-0.05, 0) is 36.9 Å². The molecule has 1 fully saturated rings. The third-order valence-electron chi connectivity index (χ3n) is 3.66. The summed E-state index contributed by atoms with van der Waals surface area (Å²) in [6.07, 6.45) is 5.59. The Bertz CT molecular complexity index is 403. The van der Waals surface area contributed by atoms with Crippen LogP contribution in [0.3, 0.4) is 0 Å². The molecule has 1 N–H and O–H groups in total. The number of rotatable bonds is 6. The van der Waals surface area contributed by atoms with Gasteiger partial charge in [-0.1, -0.05) is 25.4 Å². The standard InChI is InChI=1S/C15H23ClN2O/c1-12(2)8-18-10-15(4-6-19-11-15)7-13-3-5-17-9-14(13)16/h3,5,9,12,18H,4,6-8,10-11H2,1-2H3. The molecule has 4 heteroatoms. The van der Waals surface area contributed by atoms with Crippen LogP contribution in [0.5, 0.6) is 0 Å². The van der Waals surface area contributed by atoms with Crippen LogP contribution >= 0.6 is 11.6 Å². The quantitative estimate of drug-likeness (QED) is 0.871. The van der Waals surface area contributed by atoms with Crippen molar-refractivity contribution in [3.8, 4) is 0 Å². The monoisotopic (exact) mass is 282 g/mol. The average Bonchev–Trinajstić information content (AvgIpc) is 2.81. The molecule has 1 saturated heterocycles. The van der Waals surface area contributed by atoms with E-state index in [2.05, 4.69) is 24.1 Å². The fraction of sp³-hybridized carbons (Fsp3) is 0.667. The maximum Gasteiger partial charge on any atom is 0.0621 e. The predicted octanol–water partition coefficient (Wildman–Crippen LogP) is 2.93. The Kier molecular flexibility index (Phi) is 5.20. The van der Waals surface area contributed by atoms with Gasteiger partial charge < -0.3 is 10.1 Å². The van der Waals surface area contributed by atoms with Gasteiger partial charge >= 0.3 is 0 Å². The number of aromatic nitrogens is 1. The first kappa shape index (κ1) is 14.8. The van der Waals surface area contributed by atoms with Gasteiger partial charge in [0.05, 0.1) is 11.6 Å². The number of halogens is 1. The summed E-state index contributed by atoms with van der Waals surface area (Å²) in [4.78, 5) is 4.05. The summed E-state index contributed by atoms with van der Waals surface area (Å²) in [6.45, 7) is 8.16. The molecule has 1 aliphatic rings. The molecule has 0 saturated carbocycles. The zero-order chi connectivity index (χ0) is 13.7. The van der Waals surface area contributed by atoms with Crippen LogP contribution < -0.4 is 5.32 Å². The maximum atomic E-state index is 6.23. The Balaban J connectivity index is 2.01. The highest BCUT2D eigenvalue weighted by Crippen LogP contribution is 2.33. The van der Waals surface area contributed by atoms with Crippen LogP contribution in [0.1, 0.15) is 25.8 Å². The molecule has 0 radical (unpaired) electrons. The van der Waals surface area contributed by atoms with Crippen LogP contribution in [0, 0.1) is 11.3 Å². The second-order valence-corrected chi connectivity index (χ2v) is 6.38. The number of pyridine rings is 1. The fourth-order valence-electron chi connectivity index (χ4n) is 2.57. The minimum atomic E-state index is 0.180. The van der Waals surface area contributed by atoms with Crippen molar-refractivity contribution in [3.63, 3.8) is 0 Å². The lowest BCUT2D eigenvalue weighted by molar-refractivity contribution is 0.148. The normalized spacial score (nSPS) is 23.2. The third-order valence-corrected chi connectivity index (χ3v) is 4.00. The molecule has 0 spiro atoms. The van der Waals surface area contributed by atoms with Crippen LogP contribution in [0.2, 0.25) is 5.02 Å². The second kappa shape index (κ2) is 6.69. The molecule has 19 heavy (non-hydrogen) atoms. The summed E-state index contributed by atoms with van der Waals surface area (Å²) in [6, 6.07) is 2.02. The van der Waals surface area contributed by atoms with Crippen molar-refractivity contribution in [2.45, 2.75) is 26.7 Å². The Morgan fingerprint density at radius 3 is 3.00 bits per heavy atom. The Hall–Kier alpha value is -0.640. The molecule has 0 bridgehead atoms. The van der Waals surface area contributed by atoms with E-state index in [0.717, 1.165) is 44.2 Å². The molecule has 1 unspecified atom stereocenters. The molecule has 106 valence electrons. The van der Waals surface area contributed by atoms with Gasteiger partial charge in [-0.15, -0.1) is 0 Å². The minimum Gasteiger partial charge on any atom is -0.381 e. The van der Waals surface area contributed by atoms with Gasteiger partial charge in [-0.25, -0.2) is 0 Å². The first-order valence-electron chi connectivity index (χ1n) is 6.98. The van der Waals surface area contributed by atoms with Crippen LogP contribution in [0.4, 0.5) is 0 Å². The van der Waals surface area contributed by atoms with E-state index >= 15 is 0 Å². The molecular formula is C15H23ClN2O. The molecule has 1 aliphatic heterocycles. The van der Waals surface area contributed by atoms with E-state index in [0.29, 0.717) is 5.92 Å². The van der Waals surface area contributed by atoms with Crippen LogP contribution in [0.15, 0.2) is 18.5 Å². The summed E-state index contributed by atoms with van der Waals surface area (Å²) in [5.74, 6) is 0.670. The van der Waals surface area contributed by atoms with E-state index in [9.17, 15) is 0 Å². The molecule has 0 aliphatic carbocycles. The van der Waals surface area contributed by atoms with E-state index in [1.54, 1.807) is 6.20 Å². The molecule has 0 amide bonds. The number of hydrogen-bond donors (Lipinski definition) is 1. The first-order valence-corrected chi connectivity index (χ1v) is 7.36. The lowest BCUT2D eigenvalue weighted by atomic mass is 9.81. The smallest absolute Gasteiger partial charge is 0.0621 e. The SMILES string of the molecule is CC(C)CNCC1(Cc2ccncc2Cl)CCOC1. The number of hydrogen-bond acceptors (Lipinski definition) is 3. The topological polar surface area (TPSA) is 34.2 Å². The molecule has 1 atom stereocenters. The highest BCUT2D eigenvalue weighted by molar-refractivity contribution is 6.31. The van der Waals surface area contributed by atoms with Crippen LogP contribution in [-0.2, 0) is 11.2 Å². The van der Waals surface area contributed by atoms with Crippen molar-refractivity contribution in [1.82, 2.24) is 10.3 Å². The zero-order valence-electron chi connectivity index (χ0n) is 11.8. The third kappa shape index (κ3) is 4.16. The van der Waals surface area contributed by atoms with Crippen LogP contribution in [-0.4, -0.2) is 31.3 Å². The Morgan fingerprint density at radius 2 is 2.37 bits per heavy atom. The zero-order valence-corrected chi connectivity index (χ0v) is 12.5. The molecule has 3 nitrogen and oxygen atoms in total. The number of ether oxygens (including phenoxy) is 1. The molecule has 2 heterocycles. The van der Waals surface area contributed by atoms with E-state index in [4.69, 9.17) is 16.3 Å². The van der Waals surface area contributed by atoms with Gasteiger partial charge in [0.2, 0.25) is 0 Å². The van der Waals surface area contributed by atoms with Gasteiger partial charge in [0, 0.05) is 31.0 Å². The summed E-state index contributed by atoms with van der Waals surface area (Å²) in [7, 11) is 0. The summed E-state index contributed by atoms with van der Waals surface area (Å²) in [5, 5.41) is 4.33. The minimum absolute atomic E-state index is 0.180. The number of nitrogens with zero attached hydrogens (tertiary/aromatic N) is 1. The average molecular weight is 283 g/mol. The van der Waals surface area contributed by atoms with E-state index < -0.39 is 0 Å². The Morgan fingerprint density at radius 1 is 1.53 bits per heavy atom. The van der Waals surface area contributed by atoms with Crippen molar-refractivity contribution in [3.05, 3.63) is 29.0 Å². The molecule has 1 aromatic rings. The van der Waals surface area contributed by atoms with Crippen molar-refractivity contribution in [2.75, 3.05) is 26.3 Å². The van der Waals surface area contributed by atoms with Gasteiger partial charge in [0.25, 0.3) is 0 Å². The van der Waals surface area contributed by atoms with Crippen molar-refractivity contribution in [1.29, 1.82) is 0 Å². The maximum absolute atomic E-state index is 6.23. The summed E-state index contributed by atoms with van der Waals surface area (Å²) in [5.41, 5.74) is 1.35. The first-order chi connectivity index (χ1) is 9.11. The summed E-state index contributed by atoms with van der Waals surface area (Å²) >= 11 is 6.23. The Labute approximate surface area is 120 Å². The van der Waals surface area contributed by atoms with Crippen LogP contribution in [0.25, 0.3) is 0 Å². The molecule has 0 aromatic carbocycles. The molecule has 2 rings (SSSR count). The van der Waals surface area contributed by atoms with Gasteiger partial charge in [0.1, 0.15) is 0 Å². The van der Waals surface area contributed by atoms with E-state index in [1.807, 2.05) is 12.3 Å². The van der Waals surface area contributed by atoms with Gasteiger partial charge in [-0.2, -0.15) is 0 Å². The van der Waals surface area contributed by atoms with Gasteiger partial charge in [0.15, 0.2) is 0 Å². The highest BCUT2D eigenvalue weighted by atomic mass is 35.5. The van der Waals surface area contributed by atoms with E-state index in [-0.39, 0.29) is 5.41 Å². The lowest BCUT2D eigenvalue weighted by Gasteiger charge is -2.28. The predicted molar refractivity (Wildman–Crippen MR) is 78.5 cm³/mol. The number of nitrogens with one attached hydrogen (secondary N) is 1. The fourth-order valence-corrected chi connectivity index (χ4v) is 2.75. The van der Waals surface area contributed by atoms with Crippen molar-refractivity contribution in [2.24, 2.45) is 11.3 Å².